The Morgan fingerprint density at radius 2 is 1.90 bits per heavy atom. The first-order chi connectivity index (χ1) is 9.65. The molecule has 4 heteroatoms. The number of rotatable bonds is 5. The van der Waals surface area contributed by atoms with Crippen molar-refractivity contribution in [2.45, 2.75) is 6.61 Å². The number of halogens is 1. The molecular weight excluding hydrogens is 276 g/mol. The van der Waals surface area contributed by atoms with Crippen LogP contribution in [0.2, 0.25) is 0 Å². The topological polar surface area (TPSA) is 46.5 Å². The number of carbonyl (C=O) groups is 1. The molecule has 0 atom stereocenters. The van der Waals surface area contributed by atoms with Gasteiger partial charge < -0.3 is 9.84 Å². The molecule has 3 nitrogen and oxygen atoms in total. The van der Waals surface area contributed by atoms with Crippen molar-refractivity contribution in [2.24, 2.45) is 0 Å². The van der Waals surface area contributed by atoms with Crippen molar-refractivity contribution in [3.05, 3.63) is 71.8 Å². The van der Waals surface area contributed by atoms with Crippen LogP contribution in [-0.2, 0) is 11.4 Å². The summed E-state index contributed by atoms with van der Waals surface area (Å²) in [5.74, 6) is -0.436. The van der Waals surface area contributed by atoms with E-state index in [1.54, 1.807) is 24.3 Å². The average molecular weight is 289 g/mol. The van der Waals surface area contributed by atoms with Gasteiger partial charge in [0.25, 0.3) is 0 Å². The summed E-state index contributed by atoms with van der Waals surface area (Å²) >= 11 is 5.92. The van der Waals surface area contributed by atoms with E-state index in [0.717, 1.165) is 11.6 Å². The van der Waals surface area contributed by atoms with Crippen LogP contribution < -0.4 is 4.74 Å². The lowest BCUT2D eigenvalue weighted by molar-refractivity contribution is -0.131. The predicted octanol–water partition coefficient (Wildman–Crippen LogP) is 3.93. The summed E-state index contributed by atoms with van der Waals surface area (Å²) < 4.78 is 5.65. The zero-order valence-corrected chi connectivity index (χ0v) is 11.4. The summed E-state index contributed by atoms with van der Waals surface area (Å²) in [7, 11) is 0. The largest absolute Gasteiger partial charge is 0.489 e. The normalized spacial score (nSPS) is 11.2. The second kappa shape index (κ2) is 6.78. The minimum Gasteiger partial charge on any atom is -0.489 e. The Bertz CT molecular complexity index is 621. The van der Waals surface area contributed by atoms with E-state index in [1.807, 2.05) is 30.3 Å². The third-order valence-electron chi connectivity index (χ3n) is 2.61. The molecule has 0 bridgehead atoms. The predicted molar refractivity (Wildman–Crippen MR) is 78.7 cm³/mol. The average Bonchev–Trinajstić information content (AvgIpc) is 2.46. The van der Waals surface area contributed by atoms with E-state index in [2.05, 4.69) is 0 Å². The first kappa shape index (κ1) is 14.2. The van der Waals surface area contributed by atoms with E-state index in [-0.39, 0.29) is 5.03 Å². The van der Waals surface area contributed by atoms with Gasteiger partial charge >= 0.3 is 5.97 Å². The maximum absolute atomic E-state index is 10.6. The van der Waals surface area contributed by atoms with E-state index >= 15 is 0 Å². The van der Waals surface area contributed by atoms with Gasteiger partial charge in [0.1, 0.15) is 12.4 Å². The van der Waals surface area contributed by atoms with Crippen LogP contribution in [-0.4, -0.2) is 11.1 Å². The van der Waals surface area contributed by atoms with E-state index in [0.29, 0.717) is 17.9 Å². The summed E-state index contributed by atoms with van der Waals surface area (Å²) in [6.07, 6.45) is 0.956. The van der Waals surface area contributed by atoms with Crippen molar-refractivity contribution in [3.8, 4) is 5.75 Å². The quantitative estimate of drug-likeness (QED) is 0.848. The van der Waals surface area contributed by atoms with E-state index in [1.165, 1.54) is 0 Å². The monoisotopic (exact) mass is 288 g/mol. The molecule has 2 rings (SSSR count). The van der Waals surface area contributed by atoms with Gasteiger partial charge in [-0.1, -0.05) is 54.1 Å². The van der Waals surface area contributed by atoms with Crippen LogP contribution >= 0.6 is 11.6 Å². The Balaban J connectivity index is 2.08. The minimum atomic E-state index is -1.08. The molecule has 0 radical (unpaired) electrons. The standard InChI is InChI=1S/C16H13ClO3/c17-15(10-16(18)19)13-7-4-8-14(9-13)20-11-12-5-2-1-3-6-12/h1-10H,11H2,(H,18,19)/b15-10-. The van der Waals surface area contributed by atoms with Gasteiger partial charge in [-0.05, 0) is 23.3 Å². The Morgan fingerprint density at radius 1 is 1.15 bits per heavy atom. The second-order valence-electron chi connectivity index (χ2n) is 4.13. The van der Waals surface area contributed by atoms with Crippen LogP contribution in [0.3, 0.4) is 0 Å². The minimum absolute atomic E-state index is 0.169. The Kier molecular flexibility index (Phi) is 4.80. The molecule has 0 saturated carbocycles. The van der Waals surface area contributed by atoms with Gasteiger partial charge in [-0.25, -0.2) is 4.79 Å². The third kappa shape index (κ3) is 4.14. The van der Waals surface area contributed by atoms with Crippen molar-refractivity contribution >= 4 is 22.6 Å². The number of benzene rings is 2. The molecule has 20 heavy (non-hydrogen) atoms. The number of carboxylic acid groups (broad SMARTS) is 1. The fourth-order valence-corrected chi connectivity index (χ4v) is 1.88. The number of ether oxygens (including phenoxy) is 1. The summed E-state index contributed by atoms with van der Waals surface area (Å²) in [6, 6.07) is 16.8. The van der Waals surface area contributed by atoms with Crippen molar-refractivity contribution in [1.82, 2.24) is 0 Å². The van der Waals surface area contributed by atoms with Crippen LogP contribution in [0.15, 0.2) is 60.7 Å². The summed E-state index contributed by atoms with van der Waals surface area (Å²) in [5, 5.41) is 8.84. The third-order valence-corrected chi connectivity index (χ3v) is 2.94. The highest BCUT2D eigenvalue weighted by Crippen LogP contribution is 2.23. The van der Waals surface area contributed by atoms with Crippen LogP contribution in [0.4, 0.5) is 0 Å². The van der Waals surface area contributed by atoms with Gasteiger partial charge in [0.2, 0.25) is 0 Å². The fourth-order valence-electron chi connectivity index (χ4n) is 1.67. The smallest absolute Gasteiger partial charge is 0.329 e. The van der Waals surface area contributed by atoms with Crippen molar-refractivity contribution in [1.29, 1.82) is 0 Å². The van der Waals surface area contributed by atoms with Crippen LogP contribution in [0, 0.1) is 0 Å². The van der Waals surface area contributed by atoms with Gasteiger partial charge in [0.05, 0.1) is 5.03 Å². The maximum atomic E-state index is 10.6. The van der Waals surface area contributed by atoms with E-state index < -0.39 is 5.97 Å². The van der Waals surface area contributed by atoms with Crippen molar-refractivity contribution in [2.75, 3.05) is 0 Å². The summed E-state index contributed by atoms with van der Waals surface area (Å²) in [5.41, 5.74) is 1.67. The number of carboxylic acids is 1. The molecule has 0 aliphatic heterocycles. The van der Waals surface area contributed by atoms with E-state index in [4.69, 9.17) is 21.4 Å². The molecule has 0 spiro atoms. The molecule has 0 aliphatic carbocycles. The summed E-state index contributed by atoms with van der Waals surface area (Å²) in [4.78, 5) is 10.6. The molecule has 0 saturated heterocycles. The Morgan fingerprint density at radius 3 is 2.60 bits per heavy atom. The highest BCUT2D eigenvalue weighted by molar-refractivity contribution is 6.50. The SMILES string of the molecule is O=C(O)/C=C(\Cl)c1cccc(OCc2ccccc2)c1. The molecule has 0 heterocycles. The van der Waals surface area contributed by atoms with Crippen molar-refractivity contribution in [3.63, 3.8) is 0 Å². The van der Waals surface area contributed by atoms with Gasteiger partial charge in [-0.2, -0.15) is 0 Å². The molecular formula is C16H13ClO3. The van der Waals surface area contributed by atoms with Gasteiger partial charge in [-0.15, -0.1) is 0 Å². The number of hydrogen-bond donors (Lipinski definition) is 1. The molecule has 0 fully saturated rings. The molecule has 0 amide bonds. The first-order valence-electron chi connectivity index (χ1n) is 6.02. The van der Waals surface area contributed by atoms with Crippen LogP contribution in [0.25, 0.3) is 5.03 Å². The summed E-state index contributed by atoms with van der Waals surface area (Å²) in [6.45, 7) is 0.449. The lowest BCUT2D eigenvalue weighted by Gasteiger charge is -2.07. The molecule has 0 aromatic heterocycles. The second-order valence-corrected chi connectivity index (χ2v) is 4.54. The molecule has 102 valence electrons. The Hall–Kier alpha value is -2.26. The molecule has 2 aromatic rings. The zero-order chi connectivity index (χ0) is 14.4. The van der Waals surface area contributed by atoms with Gasteiger partial charge in [0, 0.05) is 6.08 Å². The molecule has 0 unspecified atom stereocenters. The van der Waals surface area contributed by atoms with Crippen LogP contribution in [0.5, 0.6) is 5.75 Å². The zero-order valence-electron chi connectivity index (χ0n) is 10.6. The lowest BCUT2D eigenvalue weighted by atomic mass is 10.2. The first-order valence-corrected chi connectivity index (χ1v) is 6.40. The maximum Gasteiger partial charge on any atom is 0.329 e. The van der Waals surface area contributed by atoms with Gasteiger partial charge in [0.15, 0.2) is 0 Å². The number of hydrogen-bond acceptors (Lipinski definition) is 2. The van der Waals surface area contributed by atoms with E-state index in [9.17, 15) is 4.79 Å². The van der Waals surface area contributed by atoms with Gasteiger partial charge in [-0.3, -0.25) is 0 Å². The van der Waals surface area contributed by atoms with Crippen LogP contribution in [0.1, 0.15) is 11.1 Å². The highest BCUT2D eigenvalue weighted by atomic mass is 35.5. The lowest BCUT2D eigenvalue weighted by Crippen LogP contribution is -1.95. The molecule has 0 aliphatic rings. The highest BCUT2D eigenvalue weighted by Gasteiger charge is 2.03. The molecule has 1 N–H and O–H groups in total. The fraction of sp³-hybridized carbons (Fsp3) is 0.0625. The molecule has 2 aromatic carbocycles. The Labute approximate surface area is 122 Å². The number of aliphatic carboxylic acids is 1. The van der Waals surface area contributed by atoms with Crippen molar-refractivity contribution < 1.29 is 14.6 Å².